The van der Waals surface area contributed by atoms with Crippen molar-refractivity contribution in [1.82, 2.24) is 10.3 Å². The standard InChI is InChI=1S/C13H15FN2O3/c14-10-4-9(5-15-7-10)12(17)16-6-8-2-1-3-11(8)13(18)19/h4-5,7-8,11H,1-3,6H2,(H,16,17)(H,18,19). The van der Waals surface area contributed by atoms with E-state index in [1.54, 1.807) is 0 Å². The molecule has 1 aromatic rings. The zero-order valence-electron chi connectivity index (χ0n) is 10.3. The molecule has 6 heteroatoms. The summed E-state index contributed by atoms with van der Waals surface area (Å²) in [4.78, 5) is 26.4. The molecule has 1 fully saturated rings. The predicted octanol–water partition coefficient (Wildman–Crippen LogP) is 1.45. The Morgan fingerprint density at radius 1 is 1.42 bits per heavy atom. The average Bonchev–Trinajstić information content (AvgIpc) is 2.84. The second kappa shape index (κ2) is 5.77. The lowest BCUT2D eigenvalue weighted by Crippen LogP contribution is -2.33. The van der Waals surface area contributed by atoms with E-state index in [2.05, 4.69) is 10.3 Å². The fourth-order valence-electron chi connectivity index (χ4n) is 2.47. The van der Waals surface area contributed by atoms with Gasteiger partial charge in [0.1, 0.15) is 5.82 Å². The molecule has 2 unspecified atom stereocenters. The first-order valence-electron chi connectivity index (χ1n) is 6.19. The van der Waals surface area contributed by atoms with Crippen LogP contribution in [0.5, 0.6) is 0 Å². The second-order valence-corrected chi connectivity index (χ2v) is 4.74. The highest BCUT2D eigenvalue weighted by molar-refractivity contribution is 5.93. The molecular weight excluding hydrogens is 251 g/mol. The van der Waals surface area contributed by atoms with E-state index in [1.807, 2.05) is 0 Å². The van der Waals surface area contributed by atoms with Gasteiger partial charge in [0.25, 0.3) is 5.91 Å². The zero-order valence-corrected chi connectivity index (χ0v) is 10.3. The third-order valence-corrected chi connectivity index (χ3v) is 3.47. The molecule has 2 atom stereocenters. The normalized spacial score (nSPS) is 22.2. The van der Waals surface area contributed by atoms with Crippen molar-refractivity contribution in [1.29, 1.82) is 0 Å². The van der Waals surface area contributed by atoms with E-state index in [4.69, 9.17) is 5.11 Å². The minimum absolute atomic E-state index is 0.0528. The number of carboxylic acid groups (broad SMARTS) is 1. The van der Waals surface area contributed by atoms with Gasteiger partial charge in [0.15, 0.2) is 0 Å². The second-order valence-electron chi connectivity index (χ2n) is 4.74. The number of pyridine rings is 1. The summed E-state index contributed by atoms with van der Waals surface area (Å²) in [7, 11) is 0. The molecular formula is C13H15FN2O3. The lowest BCUT2D eigenvalue weighted by molar-refractivity contribution is -0.142. The van der Waals surface area contributed by atoms with E-state index in [-0.39, 0.29) is 11.5 Å². The highest BCUT2D eigenvalue weighted by Gasteiger charge is 2.32. The van der Waals surface area contributed by atoms with Crippen molar-refractivity contribution < 1.29 is 19.1 Å². The fraction of sp³-hybridized carbons (Fsp3) is 0.462. The number of carbonyl (C=O) groups excluding carboxylic acids is 1. The number of aliphatic carboxylic acids is 1. The van der Waals surface area contributed by atoms with Crippen LogP contribution in [0.25, 0.3) is 0 Å². The van der Waals surface area contributed by atoms with Gasteiger partial charge in [-0.2, -0.15) is 0 Å². The first-order chi connectivity index (χ1) is 9.08. The van der Waals surface area contributed by atoms with Crippen molar-refractivity contribution in [2.75, 3.05) is 6.54 Å². The molecule has 1 heterocycles. The number of hydrogen-bond donors (Lipinski definition) is 2. The van der Waals surface area contributed by atoms with Crippen LogP contribution in [0.1, 0.15) is 29.6 Å². The Kier molecular flexibility index (Phi) is 4.09. The number of carboxylic acids is 1. The highest BCUT2D eigenvalue weighted by Crippen LogP contribution is 2.31. The molecule has 1 aliphatic rings. The highest BCUT2D eigenvalue weighted by atomic mass is 19.1. The molecule has 102 valence electrons. The fourth-order valence-corrected chi connectivity index (χ4v) is 2.47. The Balaban J connectivity index is 1.92. The molecule has 1 aromatic heterocycles. The lowest BCUT2D eigenvalue weighted by atomic mass is 9.96. The van der Waals surface area contributed by atoms with Crippen molar-refractivity contribution >= 4 is 11.9 Å². The third kappa shape index (κ3) is 3.27. The maximum absolute atomic E-state index is 12.9. The molecule has 19 heavy (non-hydrogen) atoms. The van der Waals surface area contributed by atoms with Gasteiger partial charge in [0, 0.05) is 12.7 Å². The van der Waals surface area contributed by atoms with Gasteiger partial charge in [-0.3, -0.25) is 14.6 Å². The maximum atomic E-state index is 12.9. The summed E-state index contributed by atoms with van der Waals surface area (Å²) < 4.78 is 12.9. The molecule has 0 radical (unpaired) electrons. The number of nitrogens with one attached hydrogen (secondary N) is 1. The van der Waals surface area contributed by atoms with Crippen LogP contribution in [0.3, 0.4) is 0 Å². The van der Waals surface area contributed by atoms with Gasteiger partial charge in [0.2, 0.25) is 0 Å². The summed E-state index contributed by atoms with van der Waals surface area (Å²) in [6, 6.07) is 1.10. The van der Waals surface area contributed by atoms with Crippen LogP contribution in [0.2, 0.25) is 0 Å². The molecule has 0 saturated heterocycles. The van der Waals surface area contributed by atoms with Crippen LogP contribution in [-0.4, -0.2) is 28.5 Å². The van der Waals surface area contributed by atoms with Gasteiger partial charge in [-0.15, -0.1) is 0 Å². The Bertz CT molecular complexity index is 493. The van der Waals surface area contributed by atoms with Gasteiger partial charge >= 0.3 is 5.97 Å². The Morgan fingerprint density at radius 3 is 2.89 bits per heavy atom. The zero-order chi connectivity index (χ0) is 13.8. The summed E-state index contributed by atoms with van der Waals surface area (Å²) in [6.07, 6.45) is 4.60. The quantitative estimate of drug-likeness (QED) is 0.864. The van der Waals surface area contributed by atoms with Crippen LogP contribution in [0.15, 0.2) is 18.5 Å². The van der Waals surface area contributed by atoms with Crippen molar-refractivity contribution in [3.8, 4) is 0 Å². The molecule has 2 N–H and O–H groups in total. The van der Waals surface area contributed by atoms with E-state index in [0.29, 0.717) is 13.0 Å². The predicted molar refractivity (Wildman–Crippen MR) is 65.0 cm³/mol. The Labute approximate surface area is 109 Å². The lowest BCUT2D eigenvalue weighted by Gasteiger charge is -2.16. The minimum atomic E-state index is -0.816. The average molecular weight is 266 g/mol. The van der Waals surface area contributed by atoms with Crippen molar-refractivity contribution in [3.05, 3.63) is 29.8 Å². The van der Waals surface area contributed by atoms with Crippen LogP contribution in [-0.2, 0) is 4.79 Å². The Morgan fingerprint density at radius 2 is 2.21 bits per heavy atom. The smallest absolute Gasteiger partial charge is 0.306 e. The first kappa shape index (κ1) is 13.5. The van der Waals surface area contributed by atoms with Gasteiger partial charge < -0.3 is 10.4 Å². The molecule has 1 saturated carbocycles. The van der Waals surface area contributed by atoms with Gasteiger partial charge in [-0.1, -0.05) is 6.42 Å². The number of rotatable bonds is 4. The topological polar surface area (TPSA) is 79.3 Å². The summed E-state index contributed by atoms with van der Waals surface area (Å²) in [6.45, 7) is 0.298. The number of amides is 1. The van der Waals surface area contributed by atoms with Gasteiger partial charge in [-0.25, -0.2) is 4.39 Å². The van der Waals surface area contributed by atoms with Gasteiger partial charge in [0.05, 0.1) is 17.7 Å². The van der Waals surface area contributed by atoms with E-state index in [1.165, 1.54) is 6.20 Å². The van der Waals surface area contributed by atoms with Crippen LogP contribution >= 0.6 is 0 Å². The number of aromatic nitrogens is 1. The van der Waals surface area contributed by atoms with Gasteiger partial charge in [-0.05, 0) is 24.8 Å². The summed E-state index contributed by atoms with van der Waals surface area (Å²) >= 11 is 0. The van der Waals surface area contributed by atoms with E-state index in [9.17, 15) is 14.0 Å². The number of carbonyl (C=O) groups is 2. The number of nitrogens with zero attached hydrogens (tertiary/aromatic N) is 1. The summed E-state index contributed by atoms with van der Waals surface area (Å²) in [5, 5.41) is 11.7. The van der Waals surface area contributed by atoms with Crippen LogP contribution in [0.4, 0.5) is 4.39 Å². The monoisotopic (exact) mass is 266 g/mol. The molecule has 5 nitrogen and oxygen atoms in total. The Hall–Kier alpha value is -1.98. The molecule has 0 spiro atoms. The first-order valence-corrected chi connectivity index (χ1v) is 6.19. The summed E-state index contributed by atoms with van der Waals surface area (Å²) in [5.74, 6) is -2.27. The van der Waals surface area contributed by atoms with E-state index < -0.39 is 23.6 Å². The molecule has 1 amide bonds. The maximum Gasteiger partial charge on any atom is 0.306 e. The van der Waals surface area contributed by atoms with E-state index >= 15 is 0 Å². The molecule has 2 rings (SSSR count). The van der Waals surface area contributed by atoms with Crippen LogP contribution in [0, 0.1) is 17.7 Å². The molecule has 0 aromatic carbocycles. The van der Waals surface area contributed by atoms with Crippen molar-refractivity contribution in [2.45, 2.75) is 19.3 Å². The largest absolute Gasteiger partial charge is 0.481 e. The molecule has 0 bridgehead atoms. The van der Waals surface area contributed by atoms with Crippen molar-refractivity contribution in [3.63, 3.8) is 0 Å². The van der Waals surface area contributed by atoms with Crippen molar-refractivity contribution in [2.24, 2.45) is 11.8 Å². The SMILES string of the molecule is O=C(NCC1CCCC1C(=O)O)c1cncc(F)c1. The molecule has 0 aliphatic heterocycles. The van der Waals surface area contributed by atoms with Crippen LogP contribution < -0.4 is 5.32 Å². The number of hydrogen-bond acceptors (Lipinski definition) is 3. The summed E-state index contributed by atoms with van der Waals surface area (Å²) in [5.41, 5.74) is 0.143. The molecule has 1 aliphatic carbocycles. The number of halogens is 1. The van der Waals surface area contributed by atoms with E-state index in [0.717, 1.165) is 25.1 Å². The minimum Gasteiger partial charge on any atom is -0.481 e. The third-order valence-electron chi connectivity index (χ3n) is 3.47.